The van der Waals surface area contributed by atoms with E-state index in [0.29, 0.717) is 19.4 Å². The number of hydrogen-bond donors (Lipinski definition) is 0. The molecule has 3 aromatic carbocycles. The van der Waals surface area contributed by atoms with Crippen molar-refractivity contribution in [1.82, 2.24) is 9.80 Å². The van der Waals surface area contributed by atoms with Crippen molar-refractivity contribution in [3.05, 3.63) is 101 Å². The molecule has 5 atom stereocenters. The van der Waals surface area contributed by atoms with Crippen LogP contribution >= 0.6 is 0 Å². The van der Waals surface area contributed by atoms with Crippen LogP contribution in [0.2, 0.25) is 0 Å². The average molecular weight is 603 g/mol. The molecule has 0 aromatic heterocycles. The number of likely N-dealkylation sites (tertiary alicyclic amines) is 1. The second kappa shape index (κ2) is 11.7. The van der Waals surface area contributed by atoms with E-state index in [2.05, 4.69) is 79.1 Å². The lowest BCUT2D eigenvalue weighted by atomic mass is 9.48. The smallest absolute Gasteiger partial charge is 0.303 e. The van der Waals surface area contributed by atoms with Crippen molar-refractivity contribution < 1.29 is 19.1 Å². The van der Waals surface area contributed by atoms with Crippen molar-refractivity contribution in [3.63, 3.8) is 0 Å². The van der Waals surface area contributed by atoms with Gasteiger partial charge in [-0.05, 0) is 73.9 Å². The summed E-state index contributed by atoms with van der Waals surface area (Å²) >= 11 is 0. The Bertz CT molecular complexity index is 1640. The highest BCUT2D eigenvalue weighted by molar-refractivity contribution is 5.94. The minimum atomic E-state index is -0.739. The first-order valence-corrected chi connectivity index (χ1v) is 16.5. The lowest BCUT2D eigenvalue weighted by molar-refractivity contribution is -0.224. The van der Waals surface area contributed by atoms with E-state index in [1.807, 2.05) is 35.2 Å². The summed E-state index contributed by atoms with van der Waals surface area (Å²) in [6.45, 7) is 8.18. The van der Waals surface area contributed by atoms with Crippen molar-refractivity contribution in [2.75, 3.05) is 19.6 Å². The standard InChI is InChI=1S/C39H42N2O4/c1-27(2)26-41(35(43)18-17-29-11-6-4-7-12-29)32-19-21-39(45-28(3)42)34-25-31-15-10-16-33-36(31)38(39,37(32)44-33)22-24-40(34)23-20-30-13-8-5-9-14-30/h4-16,27,32,34,37H,19-26H2,1-3H3/t32-,34-,37+,38+,39-/m1/s1. The van der Waals surface area contributed by atoms with Crippen LogP contribution in [-0.2, 0) is 32.6 Å². The van der Waals surface area contributed by atoms with E-state index >= 15 is 0 Å². The van der Waals surface area contributed by atoms with E-state index in [-0.39, 0.29) is 36.0 Å². The Balaban J connectivity index is 1.29. The van der Waals surface area contributed by atoms with Gasteiger partial charge in [0, 0.05) is 37.1 Å². The lowest BCUT2D eigenvalue weighted by Crippen LogP contribution is -2.79. The van der Waals surface area contributed by atoms with Gasteiger partial charge in [0.05, 0.1) is 17.5 Å². The van der Waals surface area contributed by atoms with E-state index in [4.69, 9.17) is 9.47 Å². The normalized spacial score (nSPS) is 27.5. The molecule has 6 nitrogen and oxygen atoms in total. The molecule has 3 aromatic rings. The van der Waals surface area contributed by atoms with Crippen LogP contribution in [0.5, 0.6) is 5.75 Å². The van der Waals surface area contributed by atoms with Crippen molar-refractivity contribution in [2.24, 2.45) is 5.92 Å². The molecular formula is C39H42N2O4. The zero-order chi connectivity index (χ0) is 31.2. The molecule has 2 bridgehead atoms. The van der Waals surface area contributed by atoms with Gasteiger partial charge < -0.3 is 14.4 Å². The average Bonchev–Trinajstić information content (AvgIpc) is 3.38. The third kappa shape index (κ3) is 4.93. The molecule has 0 radical (unpaired) electrons. The molecule has 1 amide bonds. The molecule has 2 aliphatic heterocycles. The molecule has 6 heteroatoms. The summed E-state index contributed by atoms with van der Waals surface area (Å²) in [5.41, 5.74) is 3.33. The van der Waals surface area contributed by atoms with Gasteiger partial charge in [0.25, 0.3) is 5.91 Å². The minimum absolute atomic E-state index is 0.0267. The number of amides is 1. The Morgan fingerprint density at radius 1 is 1.02 bits per heavy atom. The summed E-state index contributed by atoms with van der Waals surface area (Å²) in [6, 6.07) is 26.5. The third-order valence-corrected chi connectivity index (χ3v) is 10.6. The van der Waals surface area contributed by atoms with Crippen LogP contribution in [0.15, 0.2) is 78.9 Å². The largest absolute Gasteiger partial charge is 0.487 e. The lowest BCUT2D eigenvalue weighted by Gasteiger charge is -2.65. The van der Waals surface area contributed by atoms with Crippen molar-refractivity contribution >= 4 is 11.9 Å². The number of rotatable bonds is 7. The SMILES string of the molecule is CC(=O)O[C@@]12CC[C@@H](N(CC(C)C)C(=O)C#Cc3ccccc3)[C@@H]3Oc4cccc5c4[C@@]31CCN(CCc1ccccc1)[C@@H]2C5. The molecule has 2 aliphatic carbocycles. The van der Waals surface area contributed by atoms with E-state index < -0.39 is 11.0 Å². The quantitative estimate of drug-likeness (QED) is 0.262. The molecule has 45 heavy (non-hydrogen) atoms. The Hall–Kier alpha value is -4.08. The number of carbonyl (C=O) groups is 2. The van der Waals surface area contributed by atoms with Crippen LogP contribution in [-0.4, -0.2) is 65.1 Å². The molecule has 7 rings (SSSR count). The second-order valence-electron chi connectivity index (χ2n) is 13.6. The second-order valence-corrected chi connectivity index (χ2v) is 13.6. The van der Waals surface area contributed by atoms with E-state index in [0.717, 1.165) is 43.7 Å². The van der Waals surface area contributed by atoms with Crippen molar-refractivity contribution in [1.29, 1.82) is 0 Å². The van der Waals surface area contributed by atoms with Crippen molar-refractivity contribution in [2.45, 2.75) is 82.1 Å². The van der Waals surface area contributed by atoms with Crippen LogP contribution in [0.3, 0.4) is 0 Å². The Morgan fingerprint density at radius 2 is 1.78 bits per heavy atom. The van der Waals surface area contributed by atoms with Gasteiger partial charge in [0.2, 0.25) is 0 Å². The third-order valence-electron chi connectivity index (χ3n) is 10.6. The van der Waals surface area contributed by atoms with E-state index in [1.54, 1.807) is 6.92 Å². The molecule has 2 fully saturated rings. The number of hydrogen-bond acceptors (Lipinski definition) is 5. The number of carbonyl (C=O) groups excluding carboxylic acids is 2. The van der Waals surface area contributed by atoms with Gasteiger partial charge >= 0.3 is 5.97 Å². The van der Waals surface area contributed by atoms with Crippen LogP contribution in [0, 0.1) is 17.8 Å². The molecule has 1 saturated carbocycles. The summed E-state index contributed by atoms with van der Waals surface area (Å²) in [7, 11) is 0. The Kier molecular flexibility index (Phi) is 7.70. The summed E-state index contributed by atoms with van der Waals surface area (Å²) in [6.07, 6.45) is 3.57. The Labute approximate surface area is 266 Å². The highest BCUT2D eigenvalue weighted by atomic mass is 16.6. The molecule has 232 valence electrons. The highest BCUT2D eigenvalue weighted by Crippen LogP contribution is 2.65. The number of ether oxygens (including phenoxy) is 2. The summed E-state index contributed by atoms with van der Waals surface area (Å²) in [5.74, 6) is 6.76. The van der Waals surface area contributed by atoms with Gasteiger partial charge in [-0.1, -0.05) is 80.4 Å². The zero-order valence-electron chi connectivity index (χ0n) is 26.5. The number of benzene rings is 3. The maximum atomic E-state index is 14.0. The molecule has 1 spiro atoms. The first-order chi connectivity index (χ1) is 21.8. The van der Waals surface area contributed by atoms with Crippen molar-refractivity contribution in [3.8, 4) is 17.6 Å². The highest BCUT2D eigenvalue weighted by Gasteiger charge is 2.75. The monoisotopic (exact) mass is 602 g/mol. The predicted octanol–water partition coefficient (Wildman–Crippen LogP) is 5.56. The van der Waals surface area contributed by atoms with Gasteiger partial charge in [-0.3, -0.25) is 14.5 Å². The molecule has 4 aliphatic rings. The van der Waals surface area contributed by atoms with Crippen LogP contribution in [0.1, 0.15) is 62.3 Å². The molecular weight excluding hydrogens is 560 g/mol. The molecule has 0 N–H and O–H groups in total. The van der Waals surface area contributed by atoms with Gasteiger partial charge in [-0.25, -0.2) is 0 Å². The van der Waals surface area contributed by atoms with Gasteiger partial charge in [0.15, 0.2) is 0 Å². The predicted molar refractivity (Wildman–Crippen MR) is 174 cm³/mol. The van der Waals surface area contributed by atoms with Gasteiger partial charge in [-0.15, -0.1) is 0 Å². The minimum Gasteiger partial charge on any atom is -0.487 e. The maximum absolute atomic E-state index is 14.0. The fourth-order valence-corrected chi connectivity index (χ4v) is 8.99. The van der Waals surface area contributed by atoms with Crippen LogP contribution < -0.4 is 4.74 Å². The number of esters is 1. The maximum Gasteiger partial charge on any atom is 0.303 e. The first-order valence-electron chi connectivity index (χ1n) is 16.5. The zero-order valence-corrected chi connectivity index (χ0v) is 26.5. The number of nitrogens with zero attached hydrogens (tertiary/aromatic N) is 2. The van der Waals surface area contributed by atoms with Crippen LogP contribution in [0.25, 0.3) is 0 Å². The van der Waals surface area contributed by atoms with Crippen LogP contribution in [0.4, 0.5) is 0 Å². The summed E-state index contributed by atoms with van der Waals surface area (Å²) in [4.78, 5) is 31.5. The van der Waals surface area contributed by atoms with Gasteiger partial charge in [-0.2, -0.15) is 0 Å². The first kappa shape index (κ1) is 29.6. The molecule has 1 saturated heterocycles. The molecule has 2 heterocycles. The topological polar surface area (TPSA) is 59.1 Å². The fourth-order valence-electron chi connectivity index (χ4n) is 8.99. The Morgan fingerprint density at radius 3 is 2.51 bits per heavy atom. The fraction of sp³-hybridized carbons (Fsp3) is 0.436. The summed E-state index contributed by atoms with van der Waals surface area (Å²) in [5, 5.41) is 0. The number of piperidine rings is 1. The summed E-state index contributed by atoms with van der Waals surface area (Å²) < 4.78 is 13.7. The van der Waals surface area contributed by atoms with E-state index in [9.17, 15) is 9.59 Å². The molecule has 0 unspecified atom stereocenters. The van der Waals surface area contributed by atoms with E-state index in [1.165, 1.54) is 16.7 Å². The van der Waals surface area contributed by atoms with Gasteiger partial charge in [0.1, 0.15) is 17.5 Å².